The maximum Gasteiger partial charge on any atom is 0.258 e. The van der Waals surface area contributed by atoms with Crippen LogP contribution in [0, 0.1) is 11.7 Å². The Bertz CT molecular complexity index is 451. The fraction of sp³-hybridized carbons (Fsp3) is 0.500. The van der Waals surface area contributed by atoms with Crippen LogP contribution in [0.4, 0.5) is 4.39 Å². The Labute approximate surface area is 116 Å². The molecule has 1 amide bonds. The second kappa shape index (κ2) is 6.67. The lowest BCUT2D eigenvalue weighted by molar-refractivity contribution is -0.123. The minimum atomic E-state index is -0.580. The summed E-state index contributed by atoms with van der Waals surface area (Å²) in [4.78, 5) is 11.7. The van der Waals surface area contributed by atoms with Crippen LogP contribution in [0.15, 0.2) is 24.3 Å². The van der Waals surface area contributed by atoms with E-state index in [9.17, 15) is 14.3 Å². The van der Waals surface area contributed by atoms with Gasteiger partial charge < -0.3 is 20.3 Å². The lowest BCUT2D eigenvalue weighted by atomic mass is 10.1. The number of aliphatic hydroxyl groups is 2. The molecule has 0 spiro atoms. The zero-order valence-corrected chi connectivity index (χ0v) is 11.0. The van der Waals surface area contributed by atoms with Crippen LogP contribution < -0.4 is 10.1 Å². The number of aliphatic hydroxyl groups excluding tert-OH is 2. The molecule has 1 saturated carbocycles. The molecule has 6 heteroatoms. The molecule has 0 unspecified atom stereocenters. The predicted octanol–water partition coefficient (Wildman–Crippen LogP) is 0.452. The smallest absolute Gasteiger partial charge is 0.258 e. The third kappa shape index (κ3) is 3.91. The van der Waals surface area contributed by atoms with E-state index in [2.05, 4.69) is 5.32 Å². The highest BCUT2D eigenvalue weighted by Crippen LogP contribution is 2.25. The number of ether oxygens (including phenoxy) is 1. The van der Waals surface area contributed by atoms with Gasteiger partial charge in [0.1, 0.15) is 11.6 Å². The molecule has 3 N–H and O–H groups in total. The maximum absolute atomic E-state index is 12.7. The predicted molar refractivity (Wildman–Crippen MR) is 69.6 cm³/mol. The van der Waals surface area contributed by atoms with E-state index < -0.39 is 6.10 Å². The van der Waals surface area contributed by atoms with Gasteiger partial charge in [0.2, 0.25) is 0 Å². The molecular weight excluding hydrogens is 265 g/mol. The molecule has 110 valence electrons. The molecular formula is C14H18FNO4. The van der Waals surface area contributed by atoms with Crippen LogP contribution in [0.5, 0.6) is 5.75 Å². The first-order valence-corrected chi connectivity index (χ1v) is 6.55. The van der Waals surface area contributed by atoms with Gasteiger partial charge >= 0.3 is 0 Å². The van der Waals surface area contributed by atoms with Crippen LogP contribution in [0.2, 0.25) is 0 Å². The lowest BCUT2D eigenvalue weighted by Gasteiger charge is -2.13. The zero-order chi connectivity index (χ0) is 14.5. The molecule has 0 saturated heterocycles. The van der Waals surface area contributed by atoms with Crippen molar-refractivity contribution in [2.45, 2.75) is 25.0 Å². The number of halogens is 1. The monoisotopic (exact) mass is 283 g/mol. The molecule has 0 radical (unpaired) electrons. The first-order chi connectivity index (χ1) is 9.58. The van der Waals surface area contributed by atoms with Crippen molar-refractivity contribution in [3.8, 4) is 5.75 Å². The minimum Gasteiger partial charge on any atom is -0.484 e. The van der Waals surface area contributed by atoms with E-state index in [1.165, 1.54) is 24.3 Å². The van der Waals surface area contributed by atoms with E-state index in [-0.39, 0.29) is 36.9 Å². The highest BCUT2D eigenvalue weighted by molar-refractivity contribution is 5.77. The third-order valence-corrected chi connectivity index (χ3v) is 3.44. The van der Waals surface area contributed by atoms with E-state index in [0.29, 0.717) is 18.6 Å². The van der Waals surface area contributed by atoms with Crippen molar-refractivity contribution in [2.24, 2.45) is 5.92 Å². The second-order valence-corrected chi connectivity index (χ2v) is 4.99. The molecule has 5 nitrogen and oxygen atoms in total. The van der Waals surface area contributed by atoms with Crippen LogP contribution in [0.25, 0.3) is 0 Å². The number of amides is 1. The number of hydrogen-bond acceptors (Lipinski definition) is 4. The topological polar surface area (TPSA) is 78.8 Å². The minimum absolute atomic E-state index is 0.0837. The maximum atomic E-state index is 12.7. The quantitative estimate of drug-likeness (QED) is 0.733. The van der Waals surface area contributed by atoms with Gasteiger partial charge in [0.15, 0.2) is 6.61 Å². The highest BCUT2D eigenvalue weighted by Gasteiger charge is 2.33. The van der Waals surface area contributed by atoms with Crippen LogP contribution in [-0.4, -0.2) is 41.5 Å². The Balaban J connectivity index is 1.74. The van der Waals surface area contributed by atoms with Gasteiger partial charge in [-0.3, -0.25) is 4.79 Å². The van der Waals surface area contributed by atoms with Crippen LogP contribution in [0.3, 0.4) is 0 Å². The molecule has 1 aliphatic rings. The highest BCUT2D eigenvalue weighted by atomic mass is 19.1. The van der Waals surface area contributed by atoms with Crippen LogP contribution in [0.1, 0.15) is 12.8 Å². The summed E-state index contributed by atoms with van der Waals surface area (Å²) in [6, 6.07) is 5.26. The van der Waals surface area contributed by atoms with Crippen LogP contribution >= 0.6 is 0 Å². The van der Waals surface area contributed by atoms with Gasteiger partial charge in [0, 0.05) is 18.6 Å². The van der Waals surface area contributed by atoms with Gasteiger partial charge in [-0.15, -0.1) is 0 Å². The van der Waals surface area contributed by atoms with Crippen molar-refractivity contribution in [3.63, 3.8) is 0 Å². The average molecular weight is 283 g/mol. The van der Waals surface area contributed by atoms with E-state index in [4.69, 9.17) is 9.84 Å². The van der Waals surface area contributed by atoms with Gasteiger partial charge in [0.05, 0.1) is 6.10 Å². The SMILES string of the molecule is O=C(COc1ccc(F)cc1)N[C@H]1C[C@H](CO)[C@@H](O)C1. The summed E-state index contributed by atoms with van der Waals surface area (Å²) in [5.41, 5.74) is 0. The molecule has 0 heterocycles. The Hall–Kier alpha value is -1.66. The molecule has 0 bridgehead atoms. The van der Waals surface area contributed by atoms with Crippen molar-refractivity contribution in [1.29, 1.82) is 0 Å². The molecule has 1 aliphatic carbocycles. The Morgan fingerprint density at radius 3 is 2.65 bits per heavy atom. The Morgan fingerprint density at radius 1 is 1.35 bits per heavy atom. The molecule has 3 atom stereocenters. The summed E-state index contributed by atoms with van der Waals surface area (Å²) in [6.45, 7) is -0.248. The van der Waals surface area contributed by atoms with Gasteiger partial charge in [-0.1, -0.05) is 0 Å². The van der Waals surface area contributed by atoms with Crippen LogP contribution in [-0.2, 0) is 4.79 Å². The summed E-state index contributed by atoms with van der Waals surface area (Å²) in [5, 5.41) is 21.4. The fourth-order valence-corrected chi connectivity index (χ4v) is 2.37. The number of nitrogens with one attached hydrogen (secondary N) is 1. The van der Waals surface area contributed by atoms with Crippen molar-refractivity contribution in [2.75, 3.05) is 13.2 Å². The number of carbonyl (C=O) groups is 1. The van der Waals surface area contributed by atoms with E-state index in [1.807, 2.05) is 0 Å². The van der Waals surface area contributed by atoms with Crippen molar-refractivity contribution in [1.82, 2.24) is 5.32 Å². The summed E-state index contributed by atoms with van der Waals surface area (Å²) in [6.07, 6.45) is 0.413. The van der Waals surface area contributed by atoms with Gasteiger partial charge in [-0.2, -0.15) is 0 Å². The van der Waals surface area contributed by atoms with E-state index in [1.54, 1.807) is 0 Å². The first kappa shape index (κ1) is 14.7. The summed E-state index contributed by atoms with van der Waals surface area (Å²) in [5.74, 6) is -0.429. The first-order valence-electron chi connectivity index (χ1n) is 6.55. The van der Waals surface area contributed by atoms with Crippen molar-refractivity contribution < 1.29 is 24.1 Å². The van der Waals surface area contributed by atoms with E-state index in [0.717, 1.165) is 0 Å². The number of hydrogen-bond donors (Lipinski definition) is 3. The number of rotatable bonds is 5. The van der Waals surface area contributed by atoms with Gasteiger partial charge in [0.25, 0.3) is 5.91 Å². The Kier molecular flexibility index (Phi) is 4.92. The molecule has 2 rings (SSSR count). The van der Waals surface area contributed by atoms with Gasteiger partial charge in [-0.25, -0.2) is 4.39 Å². The average Bonchev–Trinajstić information content (AvgIpc) is 2.78. The summed E-state index contributed by atoms with van der Waals surface area (Å²) < 4.78 is 17.9. The largest absolute Gasteiger partial charge is 0.484 e. The molecule has 0 aliphatic heterocycles. The summed E-state index contributed by atoms with van der Waals surface area (Å²) in [7, 11) is 0. The number of carbonyl (C=O) groups excluding carboxylic acids is 1. The molecule has 0 aromatic heterocycles. The van der Waals surface area contributed by atoms with Crippen molar-refractivity contribution >= 4 is 5.91 Å². The summed E-state index contributed by atoms with van der Waals surface area (Å²) >= 11 is 0. The van der Waals surface area contributed by atoms with E-state index >= 15 is 0 Å². The third-order valence-electron chi connectivity index (χ3n) is 3.44. The molecule has 20 heavy (non-hydrogen) atoms. The standard InChI is InChI=1S/C14H18FNO4/c15-10-1-3-12(4-2-10)20-8-14(19)16-11-5-9(7-17)13(18)6-11/h1-4,9,11,13,17-18H,5-8H2,(H,16,19)/t9-,11+,13+/m1/s1. The molecule has 1 fully saturated rings. The number of benzene rings is 1. The second-order valence-electron chi connectivity index (χ2n) is 4.99. The van der Waals surface area contributed by atoms with Crippen molar-refractivity contribution in [3.05, 3.63) is 30.1 Å². The zero-order valence-electron chi connectivity index (χ0n) is 11.0. The lowest BCUT2D eigenvalue weighted by Crippen LogP contribution is -2.36. The Morgan fingerprint density at radius 2 is 2.05 bits per heavy atom. The normalized spacial score (nSPS) is 25.4. The molecule has 1 aromatic carbocycles. The fourth-order valence-electron chi connectivity index (χ4n) is 2.37. The van der Waals surface area contributed by atoms with Gasteiger partial charge in [-0.05, 0) is 37.1 Å². The molecule has 1 aromatic rings.